The minimum Gasteiger partial charge on any atom is -0.378 e. The Morgan fingerprint density at radius 1 is 1.04 bits per heavy atom. The van der Waals surface area contributed by atoms with Crippen LogP contribution in [0.4, 0.5) is 10.1 Å². The molecule has 0 aliphatic carbocycles. The molecule has 0 saturated heterocycles. The van der Waals surface area contributed by atoms with Crippen molar-refractivity contribution in [3.63, 3.8) is 0 Å². The zero-order valence-corrected chi connectivity index (χ0v) is 15.1. The van der Waals surface area contributed by atoms with E-state index in [1.165, 1.54) is 17.8 Å². The second-order valence-corrected chi connectivity index (χ2v) is 6.98. The standard InChI is InChI=1S/C19H23FN2OS/c1-21(2)16-10-8-15(9-11-16)14-22(3)19(23)12-13-24-18-7-5-4-6-17(18)20/h4-11H,12-14H2,1-3H3. The van der Waals surface area contributed by atoms with Gasteiger partial charge in [-0.25, -0.2) is 4.39 Å². The highest BCUT2D eigenvalue weighted by Gasteiger charge is 2.10. The summed E-state index contributed by atoms with van der Waals surface area (Å²) in [7, 11) is 5.80. The summed E-state index contributed by atoms with van der Waals surface area (Å²) < 4.78 is 13.5. The van der Waals surface area contributed by atoms with Gasteiger partial charge in [0.15, 0.2) is 0 Å². The largest absolute Gasteiger partial charge is 0.378 e. The van der Waals surface area contributed by atoms with Gasteiger partial charge in [0, 0.05) is 50.4 Å². The van der Waals surface area contributed by atoms with E-state index in [9.17, 15) is 9.18 Å². The van der Waals surface area contributed by atoms with Crippen molar-refractivity contribution in [3.8, 4) is 0 Å². The fourth-order valence-electron chi connectivity index (χ4n) is 2.26. The average Bonchev–Trinajstić information content (AvgIpc) is 2.57. The fraction of sp³-hybridized carbons (Fsp3) is 0.316. The van der Waals surface area contributed by atoms with Crippen molar-refractivity contribution >= 4 is 23.4 Å². The van der Waals surface area contributed by atoms with Gasteiger partial charge in [-0.15, -0.1) is 11.8 Å². The van der Waals surface area contributed by atoms with Gasteiger partial charge >= 0.3 is 0 Å². The molecule has 0 radical (unpaired) electrons. The zero-order chi connectivity index (χ0) is 17.5. The van der Waals surface area contributed by atoms with Crippen LogP contribution in [0.5, 0.6) is 0 Å². The molecular weight excluding hydrogens is 323 g/mol. The molecule has 0 heterocycles. The van der Waals surface area contributed by atoms with Gasteiger partial charge < -0.3 is 9.80 Å². The molecule has 0 N–H and O–H groups in total. The van der Waals surface area contributed by atoms with Gasteiger partial charge in [0.1, 0.15) is 5.82 Å². The smallest absolute Gasteiger partial charge is 0.223 e. The van der Waals surface area contributed by atoms with E-state index in [0.29, 0.717) is 23.6 Å². The molecule has 0 bridgehead atoms. The maximum absolute atomic E-state index is 13.5. The number of halogens is 1. The molecule has 0 aliphatic heterocycles. The lowest BCUT2D eigenvalue weighted by atomic mass is 10.2. The second kappa shape index (κ2) is 8.73. The van der Waals surface area contributed by atoms with Crippen LogP contribution in [0.3, 0.4) is 0 Å². The molecule has 5 heteroatoms. The molecule has 0 aliphatic rings. The number of thioether (sulfide) groups is 1. The third kappa shape index (κ3) is 5.27. The lowest BCUT2D eigenvalue weighted by Gasteiger charge is -2.18. The quantitative estimate of drug-likeness (QED) is 0.707. The predicted molar refractivity (Wildman–Crippen MR) is 99.0 cm³/mol. The zero-order valence-electron chi connectivity index (χ0n) is 14.3. The van der Waals surface area contributed by atoms with E-state index in [4.69, 9.17) is 0 Å². The van der Waals surface area contributed by atoms with Crippen LogP contribution in [-0.2, 0) is 11.3 Å². The number of carbonyl (C=O) groups excluding carboxylic acids is 1. The Balaban J connectivity index is 1.80. The molecule has 1 amide bonds. The predicted octanol–water partition coefficient (Wildman–Crippen LogP) is 4.03. The van der Waals surface area contributed by atoms with E-state index < -0.39 is 0 Å². The number of amides is 1. The summed E-state index contributed by atoms with van der Waals surface area (Å²) in [6.07, 6.45) is 0.394. The Morgan fingerprint density at radius 3 is 2.33 bits per heavy atom. The van der Waals surface area contributed by atoms with E-state index in [1.54, 1.807) is 30.1 Å². The van der Waals surface area contributed by atoms with Gasteiger partial charge in [0.05, 0.1) is 0 Å². The number of hydrogen-bond acceptors (Lipinski definition) is 3. The molecule has 128 valence electrons. The molecule has 2 aromatic carbocycles. The Bertz CT molecular complexity index is 673. The molecule has 0 spiro atoms. The molecule has 2 aromatic rings. The van der Waals surface area contributed by atoms with Gasteiger partial charge in [-0.3, -0.25) is 4.79 Å². The molecule has 0 saturated carbocycles. The van der Waals surface area contributed by atoms with Crippen molar-refractivity contribution in [3.05, 3.63) is 59.9 Å². The average molecular weight is 346 g/mol. The van der Waals surface area contributed by atoms with Gasteiger partial charge in [-0.05, 0) is 29.8 Å². The lowest BCUT2D eigenvalue weighted by Crippen LogP contribution is -2.26. The molecule has 3 nitrogen and oxygen atoms in total. The Labute approximate surface area is 147 Å². The summed E-state index contributed by atoms with van der Waals surface area (Å²) in [4.78, 5) is 16.6. The first-order valence-corrected chi connectivity index (χ1v) is 8.83. The van der Waals surface area contributed by atoms with E-state index >= 15 is 0 Å². The Morgan fingerprint density at radius 2 is 1.71 bits per heavy atom. The first kappa shape index (κ1) is 18.3. The minimum absolute atomic E-state index is 0.0653. The number of benzene rings is 2. The van der Waals surface area contributed by atoms with Crippen LogP contribution < -0.4 is 4.90 Å². The second-order valence-electron chi connectivity index (χ2n) is 5.84. The van der Waals surface area contributed by atoms with Gasteiger partial charge in [-0.2, -0.15) is 0 Å². The number of nitrogens with zero attached hydrogens (tertiary/aromatic N) is 2. The van der Waals surface area contributed by atoms with Crippen molar-refractivity contribution in [2.45, 2.75) is 17.9 Å². The van der Waals surface area contributed by atoms with Crippen LogP contribution in [0, 0.1) is 5.82 Å². The van der Waals surface area contributed by atoms with E-state index in [1.807, 2.05) is 43.3 Å². The van der Waals surface area contributed by atoms with Crippen LogP contribution in [-0.4, -0.2) is 37.7 Å². The van der Waals surface area contributed by atoms with Gasteiger partial charge in [0.2, 0.25) is 5.91 Å². The van der Waals surface area contributed by atoms with Crippen molar-refractivity contribution in [1.29, 1.82) is 0 Å². The molecule has 0 atom stereocenters. The van der Waals surface area contributed by atoms with Crippen molar-refractivity contribution < 1.29 is 9.18 Å². The maximum Gasteiger partial charge on any atom is 0.223 e. The number of carbonyl (C=O) groups is 1. The highest BCUT2D eigenvalue weighted by Crippen LogP contribution is 2.22. The summed E-state index contributed by atoms with van der Waals surface area (Å²) in [5.41, 5.74) is 2.23. The third-order valence-corrected chi connectivity index (χ3v) is 4.76. The minimum atomic E-state index is -0.232. The summed E-state index contributed by atoms with van der Waals surface area (Å²) in [5.74, 6) is 0.406. The lowest BCUT2D eigenvalue weighted by molar-refractivity contribution is -0.129. The first-order valence-electron chi connectivity index (χ1n) is 7.85. The van der Waals surface area contributed by atoms with Gasteiger partial charge in [0.25, 0.3) is 0 Å². The van der Waals surface area contributed by atoms with Crippen LogP contribution in [0.25, 0.3) is 0 Å². The normalized spacial score (nSPS) is 10.5. The number of rotatable bonds is 7. The molecule has 2 rings (SSSR count). The Hall–Kier alpha value is -2.01. The first-order chi connectivity index (χ1) is 11.5. The topological polar surface area (TPSA) is 23.6 Å². The molecule has 0 unspecified atom stereocenters. The number of anilines is 1. The summed E-state index contributed by atoms with van der Waals surface area (Å²) >= 11 is 1.38. The Kier molecular flexibility index (Phi) is 6.67. The van der Waals surface area contributed by atoms with Crippen LogP contribution in [0.1, 0.15) is 12.0 Å². The van der Waals surface area contributed by atoms with Crippen molar-refractivity contribution in [2.24, 2.45) is 0 Å². The van der Waals surface area contributed by atoms with E-state index in [0.717, 1.165) is 11.3 Å². The van der Waals surface area contributed by atoms with Crippen LogP contribution in [0.15, 0.2) is 53.4 Å². The molecular formula is C19H23FN2OS. The SMILES string of the molecule is CN(Cc1ccc(N(C)C)cc1)C(=O)CCSc1ccccc1F. The van der Waals surface area contributed by atoms with Crippen LogP contribution in [0.2, 0.25) is 0 Å². The van der Waals surface area contributed by atoms with Crippen LogP contribution >= 0.6 is 11.8 Å². The highest BCUT2D eigenvalue weighted by molar-refractivity contribution is 7.99. The molecule has 0 fully saturated rings. The number of hydrogen-bond donors (Lipinski definition) is 0. The summed E-state index contributed by atoms with van der Waals surface area (Å²) in [6.45, 7) is 0.580. The molecule has 24 heavy (non-hydrogen) atoms. The van der Waals surface area contributed by atoms with E-state index in [-0.39, 0.29) is 11.7 Å². The third-order valence-electron chi connectivity index (χ3n) is 3.71. The summed E-state index contributed by atoms with van der Waals surface area (Å²) in [5, 5.41) is 0. The van der Waals surface area contributed by atoms with Crippen molar-refractivity contribution in [1.82, 2.24) is 4.90 Å². The summed E-state index contributed by atoms with van der Waals surface area (Å²) in [6, 6.07) is 14.8. The monoisotopic (exact) mass is 346 g/mol. The molecule has 0 aromatic heterocycles. The van der Waals surface area contributed by atoms with Crippen molar-refractivity contribution in [2.75, 3.05) is 31.8 Å². The van der Waals surface area contributed by atoms with E-state index in [2.05, 4.69) is 0 Å². The maximum atomic E-state index is 13.5. The fourth-order valence-corrected chi connectivity index (χ4v) is 3.14. The highest BCUT2D eigenvalue weighted by atomic mass is 32.2. The van der Waals surface area contributed by atoms with Gasteiger partial charge in [-0.1, -0.05) is 24.3 Å².